The van der Waals surface area contributed by atoms with Gasteiger partial charge in [-0.3, -0.25) is 0 Å². The zero-order valence-corrected chi connectivity index (χ0v) is 30.6. The van der Waals surface area contributed by atoms with Crippen molar-refractivity contribution in [1.82, 2.24) is 24.9 Å². The van der Waals surface area contributed by atoms with Crippen LogP contribution in [0.15, 0.2) is 180 Å². The van der Waals surface area contributed by atoms with E-state index >= 15 is 0 Å². The summed E-state index contributed by atoms with van der Waals surface area (Å²) in [4.78, 5) is 25.4. The zero-order valence-electron chi connectivity index (χ0n) is 29.8. The molecular formula is C49H29N5OS. The Balaban J connectivity index is 1.07. The first-order valence-electron chi connectivity index (χ1n) is 18.4. The highest BCUT2D eigenvalue weighted by atomic mass is 32.1. The molecule has 0 amide bonds. The summed E-state index contributed by atoms with van der Waals surface area (Å²) in [7, 11) is 0. The molecule has 0 radical (unpaired) electrons. The third kappa shape index (κ3) is 5.52. The SMILES string of the molecule is c1ccc(-c2ccc(-c3nc(-c4ccc5c(c4)oc4cccc(-c6nc(-c7ccccc7)nc(-c7ccccc7)n6)c45)c4sc5ccccc5c4n3)cc2)cc1. The third-order valence-corrected chi connectivity index (χ3v) is 11.3. The van der Waals surface area contributed by atoms with E-state index < -0.39 is 0 Å². The lowest BCUT2D eigenvalue weighted by Gasteiger charge is -2.09. The largest absolute Gasteiger partial charge is 0.456 e. The summed E-state index contributed by atoms with van der Waals surface area (Å²) in [5.41, 5.74) is 10.3. The maximum Gasteiger partial charge on any atom is 0.164 e. The Hall–Kier alpha value is -7.35. The van der Waals surface area contributed by atoms with E-state index in [2.05, 4.69) is 97.1 Å². The lowest BCUT2D eigenvalue weighted by atomic mass is 10.0. The molecule has 262 valence electrons. The number of benzene rings is 7. The van der Waals surface area contributed by atoms with Crippen molar-refractivity contribution >= 4 is 53.6 Å². The van der Waals surface area contributed by atoms with Crippen molar-refractivity contribution in [2.24, 2.45) is 0 Å². The van der Waals surface area contributed by atoms with Gasteiger partial charge in [0.15, 0.2) is 23.3 Å². The first kappa shape index (κ1) is 32.1. The fourth-order valence-corrected chi connectivity index (χ4v) is 8.60. The second-order valence-corrected chi connectivity index (χ2v) is 14.7. The highest BCUT2D eigenvalue weighted by Crippen LogP contribution is 2.42. The van der Waals surface area contributed by atoms with Crippen LogP contribution in [-0.4, -0.2) is 24.9 Å². The number of nitrogens with zero attached hydrogens (tertiary/aromatic N) is 5. The van der Waals surface area contributed by atoms with E-state index in [1.165, 1.54) is 10.3 Å². The van der Waals surface area contributed by atoms with Crippen molar-refractivity contribution < 1.29 is 4.42 Å². The van der Waals surface area contributed by atoms with Crippen molar-refractivity contribution in [3.05, 3.63) is 176 Å². The van der Waals surface area contributed by atoms with E-state index in [9.17, 15) is 0 Å². The van der Waals surface area contributed by atoms with Crippen LogP contribution in [0.1, 0.15) is 0 Å². The number of rotatable bonds is 6. The molecule has 7 heteroatoms. The van der Waals surface area contributed by atoms with Crippen molar-refractivity contribution in [2.45, 2.75) is 0 Å². The molecule has 11 aromatic rings. The summed E-state index contributed by atoms with van der Waals surface area (Å²) in [5, 5.41) is 3.04. The van der Waals surface area contributed by atoms with E-state index in [1.807, 2.05) is 78.9 Å². The van der Waals surface area contributed by atoms with Crippen molar-refractivity contribution in [2.75, 3.05) is 0 Å². The Morgan fingerprint density at radius 2 is 0.929 bits per heavy atom. The molecule has 0 spiro atoms. The molecule has 0 unspecified atom stereocenters. The van der Waals surface area contributed by atoms with Crippen LogP contribution in [0.2, 0.25) is 0 Å². The summed E-state index contributed by atoms with van der Waals surface area (Å²) in [6, 6.07) is 59.8. The fraction of sp³-hybridized carbons (Fsp3) is 0. The molecule has 0 aliphatic rings. The molecule has 56 heavy (non-hydrogen) atoms. The molecular weight excluding hydrogens is 707 g/mol. The molecule has 11 rings (SSSR count). The van der Waals surface area contributed by atoms with Crippen molar-refractivity contribution in [3.63, 3.8) is 0 Å². The van der Waals surface area contributed by atoms with E-state index in [0.29, 0.717) is 23.3 Å². The average molecular weight is 736 g/mol. The Morgan fingerprint density at radius 1 is 0.375 bits per heavy atom. The number of furan rings is 1. The van der Waals surface area contributed by atoms with Gasteiger partial charge in [-0.15, -0.1) is 11.3 Å². The molecule has 0 saturated heterocycles. The van der Waals surface area contributed by atoms with Gasteiger partial charge in [0, 0.05) is 48.7 Å². The van der Waals surface area contributed by atoms with Gasteiger partial charge in [-0.1, -0.05) is 152 Å². The predicted molar refractivity (Wildman–Crippen MR) is 228 cm³/mol. The van der Waals surface area contributed by atoms with E-state index in [4.69, 9.17) is 29.3 Å². The second-order valence-electron chi connectivity index (χ2n) is 13.6. The summed E-state index contributed by atoms with van der Waals surface area (Å²) >= 11 is 1.72. The maximum absolute atomic E-state index is 6.64. The van der Waals surface area contributed by atoms with Crippen molar-refractivity contribution in [3.8, 4) is 67.9 Å². The van der Waals surface area contributed by atoms with Gasteiger partial charge in [0.25, 0.3) is 0 Å². The third-order valence-electron chi connectivity index (χ3n) is 10.2. The molecule has 6 nitrogen and oxygen atoms in total. The molecule has 0 atom stereocenters. The normalized spacial score (nSPS) is 11.6. The smallest absolute Gasteiger partial charge is 0.164 e. The molecule has 0 aliphatic heterocycles. The van der Waals surface area contributed by atoms with E-state index in [-0.39, 0.29) is 0 Å². The Kier molecular flexibility index (Phi) is 7.57. The molecule has 0 aliphatic carbocycles. The first-order chi connectivity index (χ1) is 27.7. The number of hydrogen-bond donors (Lipinski definition) is 0. The maximum atomic E-state index is 6.64. The summed E-state index contributed by atoms with van der Waals surface area (Å²) in [6.45, 7) is 0. The van der Waals surface area contributed by atoms with Gasteiger partial charge in [-0.25, -0.2) is 24.9 Å². The fourth-order valence-electron chi connectivity index (χ4n) is 7.45. The van der Waals surface area contributed by atoms with Gasteiger partial charge in [0.2, 0.25) is 0 Å². The number of aromatic nitrogens is 5. The van der Waals surface area contributed by atoms with Gasteiger partial charge < -0.3 is 4.42 Å². The molecule has 0 saturated carbocycles. The van der Waals surface area contributed by atoms with Crippen LogP contribution in [0.4, 0.5) is 0 Å². The number of thiophene rings is 1. The van der Waals surface area contributed by atoms with Crippen molar-refractivity contribution in [1.29, 1.82) is 0 Å². The van der Waals surface area contributed by atoms with Gasteiger partial charge in [0.05, 0.1) is 15.9 Å². The molecule has 7 aromatic carbocycles. The summed E-state index contributed by atoms with van der Waals surface area (Å²) in [6.07, 6.45) is 0. The minimum absolute atomic E-state index is 0.584. The Morgan fingerprint density at radius 3 is 1.64 bits per heavy atom. The predicted octanol–water partition coefficient (Wildman–Crippen LogP) is 12.9. The van der Waals surface area contributed by atoms with E-state index in [0.717, 1.165) is 76.6 Å². The zero-order chi connectivity index (χ0) is 37.0. The Bertz CT molecular complexity index is 3180. The highest BCUT2D eigenvalue weighted by Gasteiger charge is 2.21. The van der Waals surface area contributed by atoms with Crippen LogP contribution in [-0.2, 0) is 0 Å². The standard InChI is InChI=1S/C49H29N5OS/c1-4-13-30(14-5-1)31-23-25-34(26-24-31)46-50-43(45-44(51-46)37-19-10-11-22-41(37)56-45)35-27-28-36-40(29-35)55-39-21-12-20-38(42(36)39)49-53-47(32-15-6-2-7-16-32)52-48(54-49)33-17-8-3-9-18-33/h1-29H. The molecule has 0 fully saturated rings. The van der Waals surface area contributed by atoms with Crippen LogP contribution >= 0.6 is 11.3 Å². The summed E-state index contributed by atoms with van der Waals surface area (Å²) < 4.78 is 8.85. The lowest BCUT2D eigenvalue weighted by molar-refractivity contribution is 0.669. The Labute approximate surface area is 325 Å². The van der Waals surface area contributed by atoms with Gasteiger partial charge in [-0.05, 0) is 35.4 Å². The monoisotopic (exact) mass is 735 g/mol. The van der Waals surface area contributed by atoms with Gasteiger partial charge in [-0.2, -0.15) is 0 Å². The van der Waals surface area contributed by atoms with Crippen LogP contribution in [0.3, 0.4) is 0 Å². The van der Waals surface area contributed by atoms with Crippen LogP contribution in [0.25, 0.3) is 110 Å². The highest BCUT2D eigenvalue weighted by molar-refractivity contribution is 7.26. The van der Waals surface area contributed by atoms with E-state index in [1.54, 1.807) is 11.3 Å². The minimum atomic E-state index is 0.584. The first-order valence-corrected chi connectivity index (χ1v) is 19.2. The van der Waals surface area contributed by atoms with Crippen LogP contribution in [0.5, 0.6) is 0 Å². The molecule has 4 heterocycles. The number of fused-ring (bicyclic) bond motifs is 6. The minimum Gasteiger partial charge on any atom is -0.456 e. The molecule has 0 bridgehead atoms. The second kappa shape index (κ2) is 13.2. The quantitative estimate of drug-likeness (QED) is 0.169. The lowest BCUT2D eigenvalue weighted by Crippen LogP contribution is -2.00. The average Bonchev–Trinajstić information content (AvgIpc) is 3.85. The number of hydrogen-bond acceptors (Lipinski definition) is 7. The molecule has 0 N–H and O–H groups in total. The van der Waals surface area contributed by atoms with Gasteiger partial charge in [0.1, 0.15) is 11.2 Å². The van der Waals surface area contributed by atoms with Crippen LogP contribution < -0.4 is 0 Å². The topological polar surface area (TPSA) is 77.6 Å². The van der Waals surface area contributed by atoms with Gasteiger partial charge >= 0.3 is 0 Å². The van der Waals surface area contributed by atoms with Crippen LogP contribution in [0, 0.1) is 0 Å². The summed E-state index contributed by atoms with van der Waals surface area (Å²) in [5.74, 6) is 2.49. The molecule has 4 aromatic heterocycles.